The topological polar surface area (TPSA) is 28.7 Å². The molecule has 1 atom stereocenters. The molecule has 1 aromatic heterocycles. The van der Waals surface area contributed by atoms with Crippen LogP contribution in [0.25, 0.3) is 10.9 Å². The van der Waals surface area contributed by atoms with Gasteiger partial charge in [-0.3, -0.25) is 5.10 Å². The zero-order valence-corrected chi connectivity index (χ0v) is 8.38. The molecule has 1 aromatic carbocycles. The first-order chi connectivity index (χ1) is 6.88. The summed E-state index contributed by atoms with van der Waals surface area (Å²) in [5.41, 5.74) is 4.26. The number of hydrogen-bond donors (Lipinski definition) is 1. The van der Waals surface area contributed by atoms with Gasteiger partial charge in [-0.15, -0.1) is 0 Å². The molecular weight excluding hydrogens is 172 g/mol. The molecule has 2 nitrogen and oxygen atoms in total. The number of H-pyrrole nitrogens is 1. The van der Waals surface area contributed by atoms with E-state index in [-0.39, 0.29) is 0 Å². The molecule has 0 saturated carbocycles. The fourth-order valence-electron chi connectivity index (χ4n) is 2.56. The lowest BCUT2D eigenvalue weighted by Gasteiger charge is -2.07. The number of rotatable bonds is 1. The molecule has 1 aliphatic rings. The average Bonchev–Trinajstić information content (AvgIpc) is 2.78. The summed E-state index contributed by atoms with van der Waals surface area (Å²) in [6, 6.07) is 4.59. The first-order valence-corrected chi connectivity index (χ1v) is 5.34. The molecular formula is C12H14N2. The van der Waals surface area contributed by atoms with Crippen LogP contribution in [0.4, 0.5) is 0 Å². The van der Waals surface area contributed by atoms with Gasteiger partial charge in [-0.2, -0.15) is 5.10 Å². The monoisotopic (exact) mass is 186 g/mol. The van der Waals surface area contributed by atoms with Gasteiger partial charge in [0, 0.05) is 5.39 Å². The SMILES string of the molecule is CCC1CCc2cc3[nH]ncc3cc21. The molecule has 72 valence electrons. The summed E-state index contributed by atoms with van der Waals surface area (Å²) in [5, 5.41) is 8.35. The second kappa shape index (κ2) is 2.84. The van der Waals surface area contributed by atoms with Crippen molar-refractivity contribution in [1.29, 1.82) is 0 Å². The van der Waals surface area contributed by atoms with Gasteiger partial charge in [0.05, 0.1) is 11.7 Å². The number of aryl methyl sites for hydroxylation is 1. The Morgan fingerprint density at radius 1 is 1.50 bits per heavy atom. The molecule has 0 saturated heterocycles. The van der Waals surface area contributed by atoms with Crippen LogP contribution in [-0.2, 0) is 6.42 Å². The van der Waals surface area contributed by atoms with E-state index in [2.05, 4.69) is 29.3 Å². The molecule has 1 heterocycles. The summed E-state index contributed by atoms with van der Waals surface area (Å²) in [6.07, 6.45) is 5.74. The highest BCUT2D eigenvalue weighted by Crippen LogP contribution is 2.37. The van der Waals surface area contributed by atoms with Crippen LogP contribution in [0.5, 0.6) is 0 Å². The highest BCUT2D eigenvalue weighted by Gasteiger charge is 2.21. The summed E-state index contributed by atoms with van der Waals surface area (Å²) in [6.45, 7) is 2.28. The minimum absolute atomic E-state index is 0.782. The van der Waals surface area contributed by atoms with E-state index in [4.69, 9.17) is 0 Å². The third-order valence-corrected chi connectivity index (χ3v) is 3.39. The molecule has 0 radical (unpaired) electrons. The molecule has 14 heavy (non-hydrogen) atoms. The maximum absolute atomic E-state index is 4.07. The van der Waals surface area contributed by atoms with Crippen molar-refractivity contribution in [2.24, 2.45) is 0 Å². The van der Waals surface area contributed by atoms with Crippen molar-refractivity contribution in [3.05, 3.63) is 29.5 Å². The standard InChI is InChI=1S/C12H14N2/c1-2-8-3-4-9-6-12-10(5-11(8)9)7-13-14-12/h5-8H,2-4H2,1H3,(H,13,14). The van der Waals surface area contributed by atoms with E-state index in [1.165, 1.54) is 35.7 Å². The number of benzene rings is 1. The number of nitrogens with one attached hydrogen (secondary N) is 1. The zero-order valence-electron chi connectivity index (χ0n) is 8.38. The highest BCUT2D eigenvalue weighted by atomic mass is 15.1. The Morgan fingerprint density at radius 3 is 3.29 bits per heavy atom. The van der Waals surface area contributed by atoms with Crippen LogP contribution in [-0.4, -0.2) is 10.2 Å². The van der Waals surface area contributed by atoms with Gasteiger partial charge in [0.1, 0.15) is 0 Å². The lowest BCUT2D eigenvalue weighted by atomic mass is 9.98. The zero-order chi connectivity index (χ0) is 9.54. The summed E-state index contributed by atoms with van der Waals surface area (Å²) in [5.74, 6) is 0.782. The first-order valence-electron chi connectivity index (χ1n) is 5.34. The predicted molar refractivity (Wildman–Crippen MR) is 57.4 cm³/mol. The lowest BCUT2D eigenvalue weighted by molar-refractivity contribution is 0.656. The number of aromatic nitrogens is 2. The smallest absolute Gasteiger partial charge is 0.0653 e. The van der Waals surface area contributed by atoms with Crippen molar-refractivity contribution >= 4 is 10.9 Å². The van der Waals surface area contributed by atoms with Crippen LogP contribution >= 0.6 is 0 Å². The summed E-state index contributed by atoms with van der Waals surface area (Å²) < 4.78 is 0. The van der Waals surface area contributed by atoms with E-state index in [0.717, 1.165) is 5.92 Å². The van der Waals surface area contributed by atoms with Crippen LogP contribution in [0.1, 0.15) is 36.8 Å². The molecule has 0 amide bonds. The van der Waals surface area contributed by atoms with Crippen LogP contribution in [0.3, 0.4) is 0 Å². The Morgan fingerprint density at radius 2 is 2.43 bits per heavy atom. The Balaban J connectivity index is 2.23. The van der Waals surface area contributed by atoms with E-state index < -0.39 is 0 Å². The number of nitrogens with zero attached hydrogens (tertiary/aromatic N) is 1. The summed E-state index contributed by atoms with van der Waals surface area (Å²) in [7, 11) is 0. The Labute approximate surface area is 83.3 Å². The molecule has 2 aromatic rings. The molecule has 0 spiro atoms. The van der Waals surface area contributed by atoms with Crippen LogP contribution in [0, 0.1) is 0 Å². The van der Waals surface area contributed by atoms with Crippen molar-refractivity contribution < 1.29 is 0 Å². The Kier molecular flexibility index (Phi) is 1.63. The van der Waals surface area contributed by atoms with Crippen molar-refractivity contribution in [3.63, 3.8) is 0 Å². The fraction of sp³-hybridized carbons (Fsp3) is 0.417. The third kappa shape index (κ3) is 0.999. The van der Waals surface area contributed by atoms with Gasteiger partial charge in [-0.25, -0.2) is 0 Å². The average molecular weight is 186 g/mol. The van der Waals surface area contributed by atoms with Crippen molar-refractivity contribution in [2.75, 3.05) is 0 Å². The van der Waals surface area contributed by atoms with Gasteiger partial charge in [0.25, 0.3) is 0 Å². The van der Waals surface area contributed by atoms with Gasteiger partial charge >= 0.3 is 0 Å². The maximum atomic E-state index is 4.07. The molecule has 3 rings (SSSR count). The van der Waals surface area contributed by atoms with E-state index in [0.29, 0.717) is 0 Å². The predicted octanol–water partition coefficient (Wildman–Crippen LogP) is 3.00. The second-order valence-electron chi connectivity index (χ2n) is 4.15. The lowest BCUT2D eigenvalue weighted by Crippen LogP contribution is -1.90. The second-order valence-corrected chi connectivity index (χ2v) is 4.15. The summed E-state index contributed by atoms with van der Waals surface area (Å²) >= 11 is 0. The summed E-state index contributed by atoms with van der Waals surface area (Å²) in [4.78, 5) is 0. The van der Waals surface area contributed by atoms with Gasteiger partial charge in [0.15, 0.2) is 0 Å². The fourth-order valence-corrected chi connectivity index (χ4v) is 2.56. The van der Waals surface area contributed by atoms with Crippen LogP contribution < -0.4 is 0 Å². The van der Waals surface area contributed by atoms with Gasteiger partial charge in [-0.1, -0.05) is 6.92 Å². The molecule has 2 heteroatoms. The van der Waals surface area contributed by atoms with Gasteiger partial charge in [0.2, 0.25) is 0 Å². The van der Waals surface area contributed by atoms with Gasteiger partial charge in [-0.05, 0) is 48.4 Å². The number of aromatic amines is 1. The Bertz CT molecular complexity index is 470. The van der Waals surface area contributed by atoms with Crippen molar-refractivity contribution in [2.45, 2.75) is 32.1 Å². The van der Waals surface area contributed by atoms with E-state index in [9.17, 15) is 0 Å². The minimum atomic E-state index is 0.782. The van der Waals surface area contributed by atoms with Crippen molar-refractivity contribution in [1.82, 2.24) is 10.2 Å². The first kappa shape index (κ1) is 8.04. The Hall–Kier alpha value is -1.31. The van der Waals surface area contributed by atoms with Crippen LogP contribution in [0.15, 0.2) is 18.3 Å². The number of fused-ring (bicyclic) bond motifs is 2. The minimum Gasteiger partial charge on any atom is -0.278 e. The molecule has 1 unspecified atom stereocenters. The van der Waals surface area contributed by atoms with E-state index in [1.54, 1.807) is 5.56 Å². The number of hydrogen-bond acceptors (Lipinski definition) is 1. The van der Waals surface area contributed by atoms with Gasteiger partial charge < -0.3 is 0 Å². The normalized spacial score (nSPS) is 20.2. The van der Waals surface area contributed by atoms with Crippen molar-refractivity contribution in [3.8, 4) is 0 Å². The largest absolute Gasteiger partial charge is 0.278 e. The molecule has 0 aliphatic heterocycles. The molecule has 0 bridgehead atoms. The quantitative estimate of drug-likeness (QED) is 0.728. The maximum Gasteiger partial charge on any atom is 0.0653 e. The molecule has 1 aliphatic carbocycles. The third-order valence-electron chi connectivity index (χ3n) is 3.39. The van der Waals surface area contributed by atoms with E-state index in [1.807, 2.05) is 6.20 Å². The van der Waals surface area contributed by atoms with Crippen LogP contribution in [0.2, 0.25) is 0 Å². The molecule has 0 fully saturated rings. The van der Waals surface area contributed by atoms with E-state index >= 15 is 0 Å². The molecule has 1 N–H and O–H groups in total. The highest BCUT2D eigenvalue weighted by molar-refractivity contribution is 5.80.